The van der Waals surface area contributed by atoms with Crippen molar-refractivity contribution in [1.82, 2.24) is 14.9 Å². The largest absolute Gasteiger partial charge is 0.469 e. The van der Waals surface area contributed by atoms with Crippen molar-refractivity contribution in [3.8, 4) is 0 Å². The molecule has 124 valence electrons. The van der Waals surface area contributed by atoms with E-state index in [9.17, 15) is 14.4 Å². The van der Waals surface area contributed by atoms with Gasteiger partial charge in [0, 0.05) is 25.1 Å². The number of rotatable bonds is 5. The van der Waals surface area contributed by atoms with Gasteiger partial charge >= 0.3 is 5.69 Å². The molecule has 7 heteroatoms. The third-order valence-corrected chi connectivity index (χ3v) is 3.80. The average Bonchev–Trinajstić information content (AvgIpc) is 3.08. The molecule has 0 aliphatic heterocycles. The van der Waals surface area contributed by atoms with Gasteiger partial charge in [0.05, 0.1) is 17.2 Å². The number of hydrogen-bond donors (Lipinski definition) is 2. The molecule has 0 spiro atoms. The van der Waals surface area contributed by atoms with Gasteiger partial charge < -0.3 is 14.7 Å². The first kappa shape index (κ1) is 15.8. The summed E-state index contributed by atoms with van der Waals surface area (Å²) in [4.78, 5) is 38.9. The summed E-state index contributed by atoms with van der Waals surface area (Å²) >= 11 is 0. The van der Waals surface area contributed by atoms with Gasteiger partial charge in [-0.15, -0.1) is 0 Å². The van der Waals surface area contributed by atoms with Crippen molar-refractivity contribution in [3.63, 3.8) is 0 Å². The molecule has 0 aliphatic rings. The van der Waals surface area contributed by atoms with Gasteiger partial charge in [-0.05, 0) is 37.3 Å². The van der Waals surface area contributed by atoms with Gasteiger partial charge in [-0.1, -0.05) is 0 Å². The van der Waals surface area contributed by atoms with E-state index in [0.717, 1.165) is 10.3 Å². The molecule has 1 amide bonds. The highest BCUT2D eigenvalue weighted by molar-refractivity contribution is 5.97. The Bertz CT molecular complexity index is 983. The second kappa shape index (κ2) is 6.57. The van der Waals surface area contributed by atoms with Crippen molar-refractivity contribution in [2.75, 3.05) is 6.54 Å². The minimum atomic E-state index is -0.481. The van der Waals surface area contributed by atoms with Gasteiger partial charge in [0.1, 0.15) is 5.76 Å². The number of aromatic nitrogens is 2. The molecular formula is C17H17N3O4. The highest BCUT2D eigenvalue weighted by Crippen LogP contribution is 2.09. The van der Waals surface area contributed by atoms with E-state index in [1.807, 2.05) is 6.07 Å². The molecule has 0 aliphatic carbocycles. The summed E-state index contributed by atoms with van der Waals surface area (Å²) in [6.45, 7) is 2.45. The number of hydrogen-bond acceptors (Lipinski definition) is 4. The quantitative estimate of drug-likeness (QED) is 0.737. The van der Waals surface area contributed by atoms with Crippen LogP contribution in [0.3, 0.4) is 0 Å². The van der Waals surface area contributed by atoms with Crippen LogP contribution in [0.25, 0.3) is 10.9 Å². The van der Waals surface area contributed by atoms with E-state index in [-0.39, 0.29) is 11.5 Å². The molecule has 0 unspecified atom stereocenters. The highest BCUT2D eigenvalue weighted by Gasteiger charge is 2.10. The molecule has 7 nitrogen and oxygen atoms in total. The number of H-pyrrole nitrogens is 1. The van der Waals surface area contributed by atoms with Gasteiger partial charge in [-0.2, -0.15) is 0 Å². The van der Waals surface area contributed by atoms with Crippen molar-refractivity contribution < 1.29 is 9.21 Å². The number of carbonyl (C=O) groups is 1. The minimum absolute atomic E-state index is 0.274. The molecule has 0 fully saturated rings. The van der Waals surface area contributed by atoms with Crippen LogP contribution in [-0.4, -0.2) is 22.0 Å². The molecule has 0 saturated carbocycles. The van der Waals surface area contributed by atoms with Gasteiger partial charge in [-0.3, -0.25) is 14.2 Å². The second-order valence-electron chi connectivity index (χ2n) is 5.33. The predicted molar refractivity (Wildman–Crippen MR) is 89.2 cm³/mol. The van der Waals surface area contributed by atoms with E-state index in [2.05, 4.69) is 10.3 Å². The highest BCUT2D eigenvalue weighted by atomic mass is 16.3. The van der Waals surface area contributed by atoms with E-state index in [1.54, 1.807) is 31.4 Å². The van der Waals surface area contributed by atoms with Crippen LogP contribution in [0.15, 0.2) is 50.6 Å². The number of carbonyl (C=O) groups excluding carboxylic acids is 1. The lowest BCUT2D eigenvalue weighted by molar-refractivity contribution is 0.0954. The Morgan fingerprint density at radius 1 is 1.29 bits per heavy atom. The van der Waals surface area contributed by atoms with Crippen molar-refractivity contribution in [2.45, 2.75) is 19.9 Å². The van der Waals surface area contributed by atoms with Crippen molar-refractivity contribution in [2.24, 2.45) is 0 Å². The van der Waals surface area contributed by atoms with Gasteiger partial charge in [-0.25, -0.2) is 4.79 Å². The van der Waals surface area contributed by atoms with Crippen molar-refractivity contribution in [1.29, 1.82) is 0 Å². The molecule has 24 heavy (non-hydrogen) atoms. The first-order valence-electron chi connectivity index (χ1n) is 7.67. The van der Waals surface area contributed by atoms with Gasteiger partial charge in [0.15, 0.2) is 0 Å². The van der Waals surface area contributed by atoms with Crippen molar-refractivity contribution in [3.05, 3.63) is 68.8 Å². The van der Waals surface area contributed by atoms with E-state index < -0.39 is 5.69 Å². The normalized spacial score (nSPS) is 10.9. The van der Waals surface area contributed by atoms with Crippen LogP contribution in [0.2, 0.25) is 0 Å². The van der Waals surface area contributed by atoms with Crippen LogP contribution in [-0.2, 0) is 13.0 Å². The number of fused-ring (bicyclic) bond motifs is 1. The maximum atomic E-state index is 12.2. The molecule has 0 atom stereocenters. The maximum absolute atomic E-state index is 12.2. The molecule has 1 aromatic carbocycles. The lowest BCUT2D eigenvalue weighted by Crippen LogP contribution is -2.34. The molecule has 3 aromatic rings. The Morgan fingerprint density at radius 3 is 2.83 bits per heavy atom. The third-order valence-electron chi connectivity index (χ3n) is 3.80. The molecule has 2 heterocycles. The van der Waals surface area contributed by atoms with E-state index in [1.165, 1.54) is 6.07 Å². The summed E-state index contributed by atoms with van der Waals surface area (Å²) in [6.07, 6.45) is 2.17. The number of amides is 1. The lowest BCUT2D eigenvalue weighted by Gasteiger charge is -2.07. The Hall–Kier alpha value is -3.09. The van der Waals surface area contributed by atoms with E-state index in [4.69, 9.17) is 4.42 Å². The summed E-state index contributed by atoms with van der Waals surface area (Å²) in [6, 6.07) is 8.28. The van der Waals surface area contributed by atoms with Crippen LogP contribution >= 0.6 is 0 Å². The Labute approximate surface area is 136 Å². The number of nitrogens with zero attached hydrogens (tertiary/aromatic N) is 1. The predicted octanol–water partition coefficient (Wildman–Crippen LogP) is 1.28. The summed E-state index contributed by atoms with van der Waals surface area (Å²) in [5.74, 6) is 0.516. The molecule has 3 rings (SSSR count). The first-order valence-corrected chi connectivity index (χ1v) is 7.67. The zero-order valence-electron chi connectivity index (χ0n) is 13.2. The van der Waals surface area contributed by atoms with Crippen LogP contribution < -0.4 is 16.6 Å². The lowest BCUT2D eigenvalue weighted by atomic mass is 10.1. The molecule has 0 bridgehead atoms. The maximum Gasteiger partial charge on any atom is 0.328 e. The van der Waals surface area contributed by atoms with E-state index in [0.29, 0.717) is 36.0 Å². The molecule has 2 N–H and O–H groups in total. The summed E-state index contributed by atoms with van der Waals surface area (Å²) in [7, 11) is 0. The van der Waals surface area contributed by atoms with Crippen molar-refractivity contribution >= 4 is 16.8 Å². The summed E-state index contributed by atoms with van der Waals surface area (Å²) < 4.78 is 6.32. The fourth-order valence-electron chi connectivity index (χ4n) is 2.54. The SMILES string of the molecule is CCn1c(=O)[nH]c2cc(C(=O)NCCc3ccco3)ccc2c1=O. The minimum Gasteiger partial charge on any atom is -0.469 e. The zero-order valence-corrected chi connectivity index (χ0v) is 13.2. The number of benzene rings is 1. The molecule has 0 saturated heterocycles. The van der Waals surface area contributed by atoms with Crippen LogP contribution in [0.5, 0.6) is 0 Å². The Morgan fingerprint density at radius 2 is 2.12 bits per heavy atom. The van der Waals surface area contributed by atoms with E-state index >= 15 is 0 Å². The van der Waals surface area contributed by atoms with Gasteiger partial charge in [0.2, 0.25) is 0 Å². The standard InChI is InChI=1S/C17H17N3O4/c1-2-20-16(22)13-6-5-11(10-14(13)19-17(20)23)15(21)18-8-7-12-4-3-9-24-12/h3-6,9-10H,2,7-8H2,1H3,(H,18,21)(H,19,23). The second-order valence-corrected chi connectivity index (χ2v) is 5.33. The van der Waals surface area contributed by atoms with Crippen LogP contribution in [0.4, 0.5) is 0 Å². The smallest absolute Gasteiger partial charge is 0.328 e. The topological polar surface area (TPSA) is 97.1 Å². The fourth-order valence-corrected chi connectivity index (χ4v) is 2.54. The van der Waals surface area contributed by atoms with Gasteiger partial charge in [0.25, 0.3) is 11.5 Å². The summed E-state index contributed by atoms with van der Waals surface area (Å²) in [5.41, 5.74) is -0.106. The summed E-state index contributed by atoms with van der Waals surface area (Å²) in [5, 5.41) is 3.16. The number of nitrogens with one attached hydrogen (secondary N) is 2. The third kappa shape index (κ3) is 3.01. The van der Waals surface area contributed by atoms with Crippen LogP contribution in [0, 0.1) is 0 Å². The zero-order chi connectivity index (χ0) is 17.1. The molecule has 2 aromatic heterocycles. The average molecular weight is 327 g/mol. The Kier molecular flexibility index (Phi) is 4.33. The molecule has 0 radical (unpaired) electrons. The number of furan rings is 1. The van der Waals surface area contributed by atoms with Crippen LogP contribution in [0.1, 0.15) is 23.0 Å². The monoisotopic (exact) mass is 327 g/mol. The fraction of sp³-hybridized carbons (Fsp3) is 0.235. The first-order chi connectivity index (χ1) is 11.6. The Balaban J connectivity index is 1.81. The molecular weight excluding hydrogens is 310 g/mol. The number of aromatic amines is 1.